The van der Waals surface area contributed by atoms with E-state index in [1.54, 1.807) is 13.8 Å². The Hall–Kier alpha value is -4.32. The van der Waals surface area contributed by atoms with Crippen LogP contribution in [0.3, 0.4) is 0 Å². The fourth-order valence-electron chi connectivity index (χ4n) is 2.94. The van der Waals surface area contributed by atoms with Crippen LogP contribution in [0.2, 0.25) is 0 Å². The van der Waals surface area contributed by atoms with Gasteiger partial charge in [0.15, 0.2) is 5.82 Å². The molecule has 4 aromatic rings. The number of nitrogens with one attached hydrogen (secondary N) is 4. The zero-order chi connectivity index (χ0) is 23.6. The van der Waals surface area contributed by atoms with E-state index in [1.165, 1.54) is 24.3 Å². The van der Waals surface area contributed by atoms with Gasteiger partial charge in [0.25, 0.3) is 15.9 Å². The van der Waals surface area contributed by atoms with Crippen LogP contribution in [-0.2, 0) is 10.0 Å². The van der Waals surface area contributed by atoms with Gasteiger partial charge in [-0.2, -0.15) is 5.10 Å². The number of aryl methyl sites for hydroxylation is 1. The molecule has 0 aliphatic rings. The molecule has 170 valence electrons. The first kappa shape index (κ1) is 21.9. The van der Waals surface area contributed by atoms with Crippen LogP contribution in [0, 0.1) is 13.8 Å². The Morgan fingerprint density at radius 3 is 2.36 bits per heavy atom. The summed E-state index contributed by atoms with van der Waals surface area (Å²) in [7, 11) is -3.90. The first-order valence-electron chi connectivity index (χ1n) is 9.77. The van der Waals surface area contributed by atoms with E-state index in [-0.39, 0.29) is 28.0 Å². The second-order valence-electron chi connectivity index (χ2n) is 7.16. The van der Waals surface area contributed by atoms with E-state index < -0.39 is 15.9 Å². The molecular formula is C21H21N7O4S. The maximum atomic E-state index is 12.8. The highest BCUT2D eigenvalue weighted by atomic mass is 32.2. The second kappa shape index (κ2) is 8.67. The first-order valence-corrected chi connectivity index (χ1v) is 11.3. The topological polar surface area (TPSA) is 168 Å². The van der Waals surface area contributed by atoms with Crippen molar-refractivity contribution in [1.82, 2.24) is 15.4 Å². The van der Waals surface area contributed by atoms with Crippen molar-refractivity contribution in [3.8, 4) is 0 Å². The average Bonchev–Trinajstić information content (AvgIpc) is 3.31. The van der Waals surface area contributed by atoms with Gasteiger partial charge in [0, 0.05) is 16.9 Å². The summed E-state index contributed by atoms with van der Waals surface area (Å²) in [6.07, 6.45) is 0. The lowest BCUT2D eigenvalue weighted by atomic mass is 10.2. The highest BCUT2D eigenvalue weighted by Gasteiger charge is 2.21. The van der Waals surface area contributed by atoms with E-state index >= 15 is 0 Å². The maximum Gasteiger partial charge on any atom is 0.264 e. The third-order valence-corrected chi connectivity index (χ3v) is 6.21. The van der Waals surface area contributed by atoms with Crippen molar-refractivity contribution in [2.24, 2.45) is 0 Å². The third-order valence-electron chi connectivity index (χ3n) is 4.86. The number of H-pyrrole nitrogens is 1. The number of benzene rings is 2. The minimum Gasteiger partial charge on any atom is -0.383 e. The van der Waals surface area contributed by atoms with Crippen molar-refractivity contribution in [1.29, 1.82) is 0 Å². The fourth-order valence-corrected chi connectivity index (χ4v) is 3.98. The number of nitrogen functional groups attached to an aromatic ring is 1. The molecule has 2 aromatic heterocycles. The van der Waals surface area contributed by atoms with Crippen LogP contribution >= 0.6 is 0 Å². The standard InChI is InChI=1S/C21H21N7O4S/c1-12-13(2)27-32-21(12)28-33(30,31)16-10-8-15(9-11-16)24-20(29)17-18(22)25-26-19(17)23-14-6-4-3-5-7-14/h3-11,28H,1-2H3,(H,24,29)(H4,22,23,25,26). The molecular weight excluding hydrogens is 446 g/mol. The quantitative estimate of drug-likeness (QED) is 0.275. The van der Waals surface area contributed by atoms with E-state index in [0.717, 1.165) is 5.69 Å². The number of aromatic nitrogens is 3. The number of sulfonamides is 1. The summed E-state index contributed by atoms with van der Waals surface area (Å²) in [5, 5.41) is 16.1. The molecule has 0 radical (unpaired) electrons. The summed E-state index contributed by atoms with van der Waals surface area (Å²) in [6, 6.07) is 14.8. The van der Waals surface area contributed by atoms with Crippen LogP contribution in [0.15, 0.2) is 64.0 Å². The number of carbonyl (C=O) groups is 1. The second-order valence-corrected chi connectivity index (χ2v) is 8.84. The molecule has 0 fully saturated rings. The lowest BCUT2D eigenvalue weighted by Gasteiger charge is -2.09. The number of anilines is 5. The molecule has 12 heteroatoms. The number of hydrogen-bond acceptors (Lipinski definition) is 8. The van der Waals surface area contributed by atoms with E-state index in [1.807, 2.05) is 30.3 Å². The lowest BCUT2D eigenvalue weighted by Crippen LogP contribution is -2.15. The van der Waals surface area contributed by atoms with E-state index in [9.17, 15) is 13.2 Å². The van der Waals surface area contributed by atoms with Gasteiger partial charge in [-0.1, -0.05) is 23.4 Å². The number of aromatic amines is 1. The van der Waals surface area contributed by atoms with Crippen molar-refractivity contribution >= 4 is 44.8 Å². The minimum absolute atomic E-state index is 0.0109. The Bertz CT molecular complexity index is 1390. The van der Waals surface area contributed by atoms with Crippen LogP contribution in [-0.4, -0.2) is 29.7 Å². The van der Waals surface area contributed by atoms with Crippen molar-refractivity contribution in [3.63, 3.8) is 0 Å². The van der Waals surface area contributed by atoms with Crippen LogP contribution in [0.25, 0.3) is 0 Å². The molecule has 0 atom stereocenters. The Kier molecular flexibility index (Phi) is 5.75. The van der Waals surface area contributed by atoms with Gasteiger partial charge in [0.1, 0.15) is 11.4 Å². The molecule has 33 heavy (non-hydrogen) atoms. The highest BCUT2D eigenvalue weighted by Crippen LogP contribution is 2.25. The molecule has 0 saturated heterocycles. The molecule has 0 unspecified atom stereocenters. The molecule has 0 saturated carbocycles. The zero-order valence-corrected chi connectivity index (χ0v) is 18.5. The van der Waals surface area contributed by atoms with Gasteiger partial charge >= 0.3 is 0 Å². The largest absolute Gasteiger partial charge is 0.383 e. The van der Waals surface area contributed by atoms with Crippen LogP contribution in [0.5, 0.6) is 0 Å². The SMILES string of the molecule is Cc1noc(NS(=O)(=O)c2ccc(NC(=O)c3c(Nc4ccccc4)n[nH]c3N)cc2)c1C. The molecule has 0 spiro atoms. The van der Waals surface area contributed by atoms with Gasteiger partial charge in [0.05, 0.1) is 10.6 Å². The molecule has 2 heterocycles. The Morgan fingerprint density at radius 2 is 1.73 bits per heavy atom. The monoisotopic (exact) mass is 467 g/mol. The van der Waals surface area contributed by atoms with E-state index in [2.05, 4.69) is 30.7 Å². The maximum absolute atomic E-state index is 12.8. The summed E-state index contributed by atoms with van der Waals surface area (Å²) in [4.78, 5) is 12.8. The van der Waals surface area contributed by atoms with E-state index in [4.69, 9.17) is 10.3 Å². The Morgan fingerprint density at radius 1 is 1.03 bits per heavy atom. The summed E-state index contributed by atoms with van der Waals surface area (Å²) in [6.45, 7) is 3.41. The molecule has 4 rings (SSSR count). The van der Waals surface area contributed by atoms with Gasteiger partial charge in [-0.05, 0) is 50.2 Å². The third kappa shape index (κ3) is 4.65. The highest BCUT2D eigenvalue weighted by molar-refractivity contribution is 7.92. The number of para-hydroxylation sites is 1. The number of nitrogens with zero attached hydrogens (tertiary/aromatic N) is 2. The molecule has 0 aliphatic heterocycles. The van der Waals surface area contributed by atoms with Crippen molar-refractivity contribution < 1.29 is 17.7 Å². The summed E-state index contributed by atoms with van der Waals surface area (Å²) in [5.74, 6) is -0.107. The number of rotatable bonds is 7. The van der Waals surface area contributed by atoms with E-state index in [0.29, 0.717) is 16.9 Å². The minimum atomic E-state index is -3.90. The number of carbonyl (C=O) groups excluding carboxylic acids is 1. The molecule has 1 amide bonds. The predicted octanol–water partition coefficient (Wildman–Crippen LogP) is 3.39. The normalized spacial score (nSPS) is 11.2. The predicted molar refractivity (Wildman–Crippen MR) is 124 cm³/mol. The van der Waals surface area contributed by atoms with Gasteiger partial charge in [-0.25, -0.2) is 13.1 Å². The smallest absolute Gasteiger partial charge is 0.264 e. The molecule has 6 N–H and O–H groups in total. The van der Waals surface area contributed by atoms with Gasteiger partial charge in [-0.3, -0.25) is 9.89 Å². The first-order chi connectivity index (χ1) is 15.7. The zero-order valence-electron chi connectivity index (χ0n) is 17.7. The van der Waals surface area contributed by atoms with Crippen molar-refractivity contribution in [3.05, 3.63) is 71.4 Å². The van der Waals surface area contributed by atoms with Crippen molar-refractivity contribution in [2.45, 2.75) is 18.7 Å². The van der Waals surface area contributed by atoms with Crippen LogP contribution < -0.4 is 21.1 Å². The molecule has 0 bridgehead atoms. The van der Waals surface area contributed by atoms with Crippen molar-refractivity contribution in [2.75, 3.05) is 21.1 Å². The average molecular weight is 468 g/mol. The molecule has 2 aromatic carbocycles. The lowest BCUT2D eigenvalue weighted by molar-refractivity contribution is 0.102. The van der Waals surface area contributed by atoms with Gasteiger partial charge < -0.3 is 20.9 Å². The summed E-state index contributed by atoms with van der Waals surface area (Å²) >= 11 is 0. The number of hydrogen-bond donors (Lipinski definition) is 5. The fraction of sp³-hybridized carbons (Fsp3) is 0.0952. The Balaban J connectivity index is 1.49. The van der Waals surface area contributed by atoms with Crippen LogP contribution in [0.1, 0.15) is 21.6 Å². The van der Waals surface area contributed by atoms with Crippen LogP contribution in [0.4, 0.5) is 28.9 Å². The Labute approximate surface area is 189 Å². The molecule has 0 aliphatic carbocycles. The number of nitrogens with two attached hydrogens (primary N) is 1. The van der Waals surface area contributed by atoms with Gasteiger partial charge in [-0.15, -0.1) is 0 Å². The van der Waals surface area contributed by atoms with Gasteiger partial charge in [0.2, 0.25) is 5.88 Å². The molecule has 11 nitrogen and oxygen atoms in total. The number of amides is 1. The summed E-state index contributed by atoms with van der Waals surface area (Å²) in [5.41, 5.74) is 8.32. The summed E-state index contributed by atoms with van der Waals surface area (Å²) < 4.78 is 32.6.